The summed E-state index contributed by atoms with van der Waals surface area (Å²) in [6.07, 6.45) is 0. The van der Waals surface area contributed by atoms with E-state index < -0.39 is 0 Å². The van der Waals surface area contributed by atoms with E-state index in [0.717, 1.165) is 32.7 Å². The Morgan fingerprint density at radius 2 is 1.70 bits per heavy atom. The molecule has 0 atom stereocenters. The van der Waals surface area contributed by atoms with E-state index >= 15 is 0 Å². The molecule has 23 heavy (non-hydrogen) atoms. The summed E-state index contributed by atoms with van der Waals surface area (Å²) in [7, 11) is 0. The van der Waals surface area contributed by atoms with Crippen LogP contribution in [0.2, 0.25) is 10.0 Å². The van der Waals surface area contributed by atoms with Crippen molar-refractivity contribution >= 4 is 28.9 Å². The minimum atomic E-state index is 0.630. The molecule has 0 aliphatic carbocycles. The average molecular weight is 350 g/mol. The van der Waals surface area contributed by atoms with Crippen molar-refractivity contribution in [3.63, 3.8) is 0 Å². The monoisotopic (exact) mass is 349 g/mol. The molecule has 0 amide bonds. The molecule has 1 heterocycles. The van der Waals surface area contributed by atoms with Gasteiger partial charge in [0.1, 0.15) is 6.54 Å². The van der Waals surface area contributed by atoms with E-state index in [0.29, 0.717) is 10.0 Å². The van der Waals surface area contributed by atoms with Crippen molar-refractivity contribution in [2.75, 3.05) is 31.1 Å². The lowest BCUT2D eigenvalue weighted by atomic mass is 10.1. The first kappa shape index (κ1) is 16.6. The fourth-order valence-corrected chi connectivity index (χ4v) is 3.56. The maximum absolute atomic E-state index is 6.12. The smallest absolute Gasteiger partial charge is 0.103 e. The van der Waals surface area contributed by atoms with Crippen LogP contribution in [0.15, 0.2) is 36.4 Å². The van der Waals surface area contributed by atoms with Gasteiger partial charge in [0.25, 0.3) is 0 Å². The summed E-state index contributed by atoms with van der Waals surface area (Å²) in [5, 5.41) is 1.28. The molecule has 1 aliphatic heterocycles. The Labute approximate surface area is 148 Å². The Kier molecular flexibility index (Phi) is 5.15. The van der Waals surface area contributed by atoms with Gasteiger partial charge in [0.15, 0.2) is 0 Å². The van der Waals surface area contributed by atoms with Crippen molar-refractivity contribution in [1.82, 2.24) is 0 Å². The van der Waals surface area contributed by atoms with Gasteiger partial charge in [-0.3, -0.25) is 0 Å². The zero-order chi connectivity index (χ0) is 16.4. The number of nitrogens with one attached hydrogen (secondary N) is 1. The Morgan fingerprint density at radius 1 is 0.957 bits per heavy atom. The Balaban J connectivity index is 1.62. The second-order valence-electron chi connectivity index (χ2n) is 6.45. The normalized spacial score (nSPS) is 15.9. The predicted octanol–water partition coefficient (Wildman–Crippen LogP) is 3.52. The first-order chi connectivity index (χ1) is 11.0. The van der Waals surface area contributed by atoms with E-state index in [9.17, 15) is 0 Å². The van der Waals surface area contributed by atoms with E-state index in [1.165, 1.54) is 22.4 Å². The van der Waals surface area contributed by atoms with Gasteiger partial charge in [-0.25, -0.2) is 0 Å². The molecule has 1 fully saturated rings. The van der Waals surface area contributed by atoms with Crippen molar-refractivity contribution in [2.24, 2.45) is 0 Å². The topological polar surface area (TPSA) is 7.68 Å². The van der Waals surface area contributed by atoms with Crippen LogP contribution in [0.1, 0.15) is 16.7 Å². The Bertz CT molecular complexity index is 692. The first-order valence-corrected chi connectivity index (χ1v) is 8.88. The molecule has 1 N–H and O–H groups in total. The van der Waals surface area contributed by atoms with Crippen molar-refractivity contribution in [3.05, 3.63) is 63.1 Å². The number of hydrogen-bond donors (Lipinski definition) is 1. The molecule has 0 bridgehead atoms. The zero-order valence-corrected chi connectivity index (χ0v) is 15.2. The van der Waals surface area contributed by atoms with E-state index in [4.69, 9.17) is 23.2 Å². The molecule has 4 heteroatoms. The summed E-state index contributed by atoms with van der Waals surface area (Å²) >= 11 is 12.1. The molecule has 122 valence electrons. The summed E-state index contributed by atoms with van der Waals surface area (Å²) < 4.78 is 0. The van der Waals surface area contributed by atoms with Crippen molar-refractivity contribution in [1.29, 1.82) is 0 Å². The SMILES string of the molecule is Cc1ccc(C)c(N2CC[NH+](Cc3ccc(Cl)c(Cl)c3)CC2)c1. The Morgan fingerprint density at radius 3 is 2.39 bits per heavy atom. The molecule has 0 unspecified atom stereocenters. The quantitative estimate of drug-likeness (QED) is 0.890. The lowest BCUT2D eigenvalue weighted by Gasteiger charge is -2.34. The van der Waals surface area contributed by atoms with Crippen LogP contribution in [0, 0.1) is 13.8 Å². The van der Waals surface area contributed by atoms with Crippen LogP contribution in [-0.4, -0.2) is 26.2 Å². The van der Waals surface area contributed by atoms with Crippen molar-refractivity contribution < 1.29 is 4.90 Å². The number of aryl methyl sites for hydroxylation is 2. The van der Waals surface area contributed by atoms with Crippen LogP contribution in [-0.2, 0) is 6.54 Å². The number of nitrogens with zero attached hydrogens (tertiary/aromatic N) is 1. The summed E-state index contributed by atoms with van der Waals surface area (Å²) in [6.45, 7) is 9.86. The maximum Gasteiger partial charge on any atom is 0.103 e. The van der Waals surface area contributed by atoms with Crippen LogP contribution in [0.5, 0.6) is 0 Å². The summed E-state index contributed by atoms with van der Waals surface area (Å²) in [5.74, 6) is 0. The highest BCUT2D eigenvalue weighted by atomic mass is 35.5. The van der Waals surface area contributed by atoms with Crippen LogP contribution >= 0.6 is 23.2 Å². The lowest BCUT2D eigenvalue weighted by molar-refractivity contribution is -0.914. The first-order valence-electron chi connectivity index (χ1n) is 8.12. The second kappa shape index (κ2) is 7.12. The van der Waals surface area contributed by atoms with E-state index in [1.54, 1.807) is 4.90 Å². The predicted molar refractivity (Wildman–Crippen MR) is 99.0 cm³/mol. The molecule has 1 saturated heterocycles. The van der Waals surface area contributed by atoms with Gasteiger partial charge in [0.2, 0.25) is 0 Å². The molecule has 0 spiro atoms. The third kappa shape index (κ3) is 4.00. The molecule has 2 aromatic rings. The molecule has 3 rings (SSSR count). The maximum atomic E-state index is 6.12. The van der Waals surface area contributed by atoms with E-state index in [2.05, 4.69) is 43.0 Å². The molecule has 0 radical (unpaired) electrons. The van der Waals surface area contributed by atoms with Crippen LogP contribution in [0.25, 0.3) is 0 Å². The van der Waals surface area contributed by atoms with Crippen molar-refractivity contribution in [3.8, 4) is 0 Å². The largest absolute Gasteiger partial charge is 0.360 e. The van der Waals surface area contributed by atoms with Gasteiger partial charge >= 0.3 is 0 Å². The fourth-order valence-electron chi connectivity index (χ4n) is 3.24. The lowest BCUT2D eigenvalue weighted by Crippen LogP contribution is -3.13. The highest BCUT2D eigenvalue weighted by molar-refractivity contribution is 6.42. The van der Waals surface area contributed by atoms with Crippen LogP contribution < -0.4 is 9.80 Å². The molecule has 2 aromatic carbocycles. The molecule has 0 saturated carbocycles. The van der Waals surface area contributed by atoms with Crippen LogP contribution in [0.4, 0.5) is 5.69 Å². The van der Waals surface area contributed by atoms with Gasteiger partial charge in [-0.2, -0.15) is 0 Å². The van der Waals surface area contributed by atoms with Gasteiger partial charge in [-0.15, -0.1) is 0 Å². The highest BCUT2D eigenvalue weighted by Crippen LogP contribution is 2.23. The van der Waals surface area contributed by atoms with Gasteiger partial charge in [-0.05, 0) is 43.2 Å². The van der Waals surface area contributed by atoms with E-state index in [-0.39, 0.29) is 0 Å². The molecule has 1 aliphatic rings. The number of halogens is 2. The Hall–Kier alpha value is -1.22. The zero-order valence-electron chi connectivity index (χ0n) is 13.7. The van der Waals surface area contributed by atoms with Gasteiger partial charge < -0.3 is 9.80 Å². The van der Waals surface area contributed by atoms with Gasteiger partial charge in [0.05, 0.1) is 36.2 Å². The fraction of sp³-hybridized carbons (Fsp3) is 0.368. The number of benzene rings is 2. The summed E-state index contributed by atoms with van der Waals surface area (Å²) in [5.41, 5.74) is 5.34. The third-order valence-electron chi connectivity index (χ3n) is 4.61. The highest BCUT2D eigenvalue weighted by Gasteiger charge is 2.21. The third-order valence-corrected chi connectivity index (χ3v) is 5.35. The molecule has 0 aromatic heterocycles. The number of quaternary nitrogens is 1. The minimum Gasteiger partial charge on any atom is -0.360 e. The van der Waals surface area contributed by atoms with Crippen molar-refractivity contribution in [2.45, 2.75) is 20.4 Å². The standard InChI is InChI=1S/C19H22Cl2N2/c1-14-3-4-15(2)19(11-14)23-9-7-22(8-10-23)13-16-5-6-17(20)18(21)12-16/h3-6,11-12H,7-10,13H2,1-2H3/p+1. The van der Waals surface area contributed by atoms with Gasteiger partial charge in [0, 0.05) is 11.3 Å². The number of piperazine rings is 1. The number of hydrogen-bond acceptors (Lipinski definition) is 1. The van der Waals surface area contributed by atoms with E-state index in [1.807, 2.05) is 12.1 Å². The molecule has 2 nitrogen and oxygen atoms in total. The number of rotatable bonds is 3. The average Bonchev–Trinajstić information content (AvgIpc) is 2.54. The molecular formula is C19H23Cl2N2+. The summed E-state index contributed by atoms with van der Waals surface area (Å²) in [6, 6.07) is 12.7. The van der Waals surface area contributed by atoms with Crippen LogP contribution in [0.3, 0.4) is 0 Å². The minimum absolute atomic E-state index is 0.630. The van der Waals surface area contributed by atoms with Gasteiger partial charge in [-0.1, -0.05) is 41.4 Å². The molecular weight excluding hydrogens is 327 g/mol. The number of anilines is 1. The summed E-state index contributed by atoms with van der Waals surface area (Å²) in [4.78, 5) is 4.12. The second-order valence-corrected chi connectivity index (χ2v) is 7.27.